The second kappa shape index (κ2) is 5.82. The fourth-order valence-electron chi connectivity index (χ4n) is 3.02. The molecule has 0 atom stereocenters. The monoisotopic (exact) mass is 321 g/mol. The summed E-state index contributed by atoms with van der Waals surface area (Å²) in [4.78, 5) is 14.8. The molecule has 0 fully saturated rings. The average Bonchev–Trinajstić information content (AvgIpc) is 2.84. The lowest BCUT2D eigenvalue weighted by Gasteiger charge is -2.19. The minimum absolute atomic E-state index is 0.0107. The SMILES string of the molecule is Cc1ccc(-c2[nH]c3ccc(C(C)(C)C)cc3c2CC(=O)O)cc1. The van der Waals surface area contributed by atoms with Crippen LogP contribution in [-0.4, -0.2) is 16.1 Å². The van der Waals surface area contributed by atoms with E-state index in [0.29, 0.717) is 0 Å². The van der Waals surface area contributed by atoms with Crippen LogP contribution in [0.15, 0.2) is 42.5 Å². The molecular weight excluding hydrogens is 298 g/mol. The molecule has 3 aromatic rings. The molecule has 0 aliphatic heterocycles. The first-order valence-corrected chi connectivity index (χ1v) is 8.19. The Morgan fingerprint density at radius 3 is 2.33 bits per heavy atom. The van der Waals surface area contributed by atoms with Gasteiger partial charge in [0.2, 0.25) is 0 Å². The third kappa shape index (κ3) is 3.07. The van der Waals surface area contributed by atoms with Crippen LogP contribution in [0.25, 0.3) is 22.2 Å². The van der Waals surface area contributed by atoms with E-state index >= 15 is 0 Å². The number of H-pyrrole nitrogens is 1. The van der Waals surface area contributed by atoms with Crippen LogP contribution in [-0.2, 0) is 16.6 Å². The molecule has 0 bridgehead atoms. The van der Waals surface area contributed by atoms with E-state index in [1.54, 1.807) is 0 Å². The van der Waals surface area contributed by atoms with Gasteiger partial charge in [-0.15, -0.1) is 0 Å². The van der Waals surface area contributed by atoms with E-state index in [1.807, 2.05) is 31.2 Å². The van der Waals surface area contributed by atoms with Gasteiger partial charge in [-0.05, 0) is 41.2 Å². The number of aromatic amines is 1. The third-order valence-electron chi connectivity index (χ3n) is 4.44. The Bertz CT molecular complexity index is 896. The van der Waals surface area contributed by atoms with E-state index in [4.69, 9.17) is 0 Å². The summed E-state index contributed by atoms with van der Waals surface area (Å²) in [5.74, 6) is -0.814. The van der Waals surface area contributed by atoms with E-state index in [0.717, 1.165) is 27.7 Å². The molecule has 0 saturated carbocycles. The van der Waals surface area contributed by atoms with Crippen LogP contribution in [0.5, 0.6) is 0 Å². The number of hydrogen-bond donors (Lipinski definition) is 2. The fraction of sp³-hybridized carbons (Fsp3) is 0.286. The standard InChI is InChI=1S/C21H23NO2/c1-13-5-7-14(8-6-13)20-17(12-19(23)24)16-11-15(21(2,3)4)9-10-18(16)22-20/h5-11,22H,12H2,1-4H3,(H,23,24). The number of nitrogens with one attached hydrogen (secondary N) is 1. The zero-order valence-electron chi connectivity index (χ0n) is 14.6. The summed E-state index contributed by atoms with van der Waals surface area (Å²) in [6.07, 6.45) is 0.0107. The first-order chi connectivity index (χ1) is 11.3. The van der Waals surface area contributed by atoms with Crippen LogP contribution < -0.4 is 0 Å². The fourth-order valence-corrected chi connectivity index (χ4v) is 3.02. The first kappa shape index (κ1) is 16.3. The summed E-state index contributed by atoms with van der Waals surface area (Å²) in [6, 6.07) is 14.5. The molecule has 0 unspecified atom stereocenters. The van der Waals surface area contributed by atoms with Crippen molar-refractivity contribution in [1.82, 2.24) is 4.98 Å². The Morgan fingerprint density at radius 1 is 1.08 bits per heavy atom. The Hall–Kier alpha value is -2.55. The van der Waals surface area contributed by atoms with Crippen molar-refractivity contribution in [1.29, 1.82) is 0 Å². The Kier molecular flexibility index (Phi) is 3.96. The van der Waals surface area contributed by atoms with Gasteiger partial charge in [0.05, 0.1) is 12.1 Å². The maximum atomic E-state index is 11.4. The summed E-state index contributed by atoms with van der Waals surface area (Å²) >= 11 is 0. The van der Waals surface area contributed by atoms with Gasteiger partial charge in [0.25, 0.3) is 0 Å². The highest BCUT2D eigenvalue weighted by Crippen LogP contribution is 2.34. The van der Waals surface area contributed by atoms with Crippen molar-refractivity contribution in [3.8, 4) is 11.3 Å². The summed E-state index contributed by atoms with van der Waals surface area (Å²) in [5.41, 5.74) is 6.17. The molecule has 24 heavy (non-hydrogen) atoms. The van der Waals surface area contributed by atoms with Gasteiger partial charge < -0.3 is 10.1 Å². The van der Waals surface area contributed by atoms with E-state index in [1.165, 1.54) is 11.1 Å². The minimum Gasteiger partial charge on any atom is -0.481 e. The van der Waals surface area contributed by atoms with Crippen LogP contribution in [0.1, 0.15) is 37.5 Å². The summed E-state index contributed by atoms with van der Waals surface area (Å²) in [6.45, 7) is 8.54. The zero-order chi connectivity index (χ0) is 17.5. The zero-order valence-corrected chi connectivity index (χ0v) is 14.6. The molecule has 1 aromatic heterocycles. The molecule has 2 aromatic carbocycles. The number of hydrogen-bond acceptors (Lipinski definition) is 1. The highest BCUT2D eigenvalue weighted by molar-refractivity contribution is 5.94. The molecule has 3 rings (SSSR count). The van der Waals surface area contributed by atoms with Crippen LogP contribution in [0.3, 0.4) is 0 Å². The molecule has 1 heterocycles. The number of aliphatic carboxylic acids is 1. The van der Waals surface area contributed by atoms with Gasteiger partial charge in [-0.2, -0.15) is 0 Å². The predicted octanol–water partition coefficient (Wildman–Crippen LogP) is 5.07. The number of aromatic nitrogens is 1. The Labute approximate surface area is 142 Å². The second-order valence-corrected chi connectivity index (χ2v) is 7.43. The van der Waals surface area contributed by atoms with Gasteiger partial charge >= 0.3 is 5.97 Å². The van der Waals surface area contributed by atoms with Gasteiger partial charge in [0.1, 0.15) is 0 Å². The van der Waals surface area contributed by atoms with Crippen molar-refractivity contribution in [3.63, 3.8) is 0 Å². The average molecular weight is 321 g/mol. The van der Waals surface area contributed by atoms with E-state index in [9.17, 15) is 9.90 Å². The van der Waals surface area contributed by atoms with E-state index < -0.39 is 5.97 Å². The van der Waals surface area contributed by atoms with Crippen molar-refractivity contribution in [2.45, 2.75) is 39.5 Å². The molecule has 3 heteroatoms. The van der Waals surface area contributed by atoms with Gasteiger partial charge in [0, 0.05) is 10.9 Å². The number of carboxylic acids is 1. The number of rotatable bonds is 3. The number of fused-ring (bicyclic) bond motifs is 1. The molecular formula is C21H23NO2. The van der Waals surface area contributed by atoms with Crippen LogP contribution in [0.4, 0.5) is 0 Å². The van der Waals surface area contributed by atoms with Crippen LogP contribution in [0.2, 0.25) is 0 Å². The van der Waals surface area contributed by atoms with Crippen molar-refractivity contribution in [3.05, 3.63) is 59.2 Å². The Balaban J connectivity index is 2.25. The molecule has 0 aliphatic rings. The second-order valence-electron chi connectivity index (χ2n) is 7.43. The van der Waals surface area contributed by atoms with E-state index in [-0.39, 0.29) is 11.8 Å². The minimum atomic E-state index is -0.814. The maximum Gasteiger partial charge on any atom is 0.307 e. The van der Waals surface area contributed by atoms with Gasteiger partial charge in [0.15, 0.2) is 0 Å². The highest BCUT2D eigenvalue weighted by Gasteiger charge is 2.19. The molecule has 0 spiro atoms. The van der Waals surface area contributed by atoms with Crippen molar-refractivity contribution in [2.75, 3.05) is 0 Å². The molecule has 124 valence electrons. The van der Waals surface area contributed by atoms with Crippen LogP contribution >= 0.6 is 0 Å². The number of aryl methyl sites for hydroxylation is 1. The number of carbonyl (C=O) groups is 1. The molecule has 2 N–H and O–H groups in total. The highest BCUT2D eigenvalue weighted by atomic mass is 16.4. The maximum absolute atomic E-state index is 11.4. The van der Waals surface area contributed by atoms with Gasteiger partial charge in [-0.1, -0.05) is 56.7 Å². The lowest BCUT2D eigenvalue weighted by atomic mass is 9.86. The summed E-state index contributed by atoms with van der Waals surface area (Å²) in [7, 11) is 0. The largest absolute Gasteiger partial charge is 0.481 e. The van der Waals surface area contributed by atoms with Crippen molar-refractivity contribution in [2.24, 2.45) is 0 Å². The number of benzene rings is 2. The van der Waals surface area contributed by atoms with E-state index in [2.05, 4.69) is 44.0 Å². The summed E-state index contributed by atoms with van der Waals surface area (Å²) in [5, 5.41) is 10.4. The smallest absolute Gasteiger partial charge is 0.307 e. The van der Waals surface area contributed by atoms with Gasteiger partial charge in [-0.25, -0.2) is 0 Å². The van der Waals surface area contributed by atoms with Crippen molar-refractivity contribution < 1.29 is 9.90 Å². The van der Waals surface area contributed by atoms with Crippen LogP contribution in [0, 0.1) is 6.92 Å². The lowest BCUT2D eigenvalue weighted by Crippen LogP contribution is -2.10. The molecule has 0 radical (unpaired) electrons. The molecule has 0 amide bonds. The normalized spacial score (nSPS) is 11.8. The first-order valence-electron chi connectivity index (χ1n) is 8.19. The van der Waals surface area contributed by atoms with Crippen molar-refractivity contribution >= 4 is 16.9 Å². The van der Waals surface area contributed by atoms with Gasteiger partial charge in [-0.3, -0.25) is 4.79 Å². The molecule has 0 saturated heterocycles. The topological polar surface area (TPSA) is 53.1 Å². The predicted molar refractivity (Wildman–Crippen MR) is 98.5 cm³/mol. The summed E-state index contributed by atoms with van der Waals surface area (Å²) < 4.78 is 0. The third-order valence-corrected chi connectivity index (χ3v) is 4.44. The number of carboxylic acid groups (broad SMARTS) is 1. The molecule has 3 nitrogen and oxygen atoms in total. The Morgan fingerprint density at radius 2 is 1.75 bits per heavy atom. The quantitative estimate of drug-likeness (QED) is 0.708. The lowest BCUT2D eigenvalue weighted by molar-refractivity contribution is -0.136. The molecule has 0 aliphatic carbocycles.